The summed E-state index contributed by atoms with van der Waals surface area (Å²) in [5.41, 5.74) is 1.99. The monoisotopic (exact) mass is 249 g/mol. The fourth-order valence-corrected chi connectivity index (χ4v) is 2.35. The van der Waals surface area contributed by atoms with Gasteiger partial charge in [0.1, 0.15) is 0 Å². The third kappa shape index (κ3) is 3.12. The van der Waals surface area contributed by atoms with Crippen molar-refractivity contribution in [2.45, 2.75) is 25.6 Å². The Hall–Kier alpha value is -1.23. The number of aliphatic hydroxyl groups is 2. The van der Waals surface area contributed by atoms with E-state index in [9.17, 15) is 10.2 Å². The second kappa shape index (κ2) is 5.40. The van der Waals surface area contributed by atoms with Crippen LogP contribution in [-0.2, 0) is 6.42 Å². The van der Waals surface area contributed by atoms with Crippen molar-refractivity contribution in [3.8, 4) is 11.3 Å². The minimum Gasteiger partial charge on any atom is -0.391 e. The molecule has 2 rings (SSSR count). The molecule has 0 spiro atoms. The smallest absolute Gasteiger partial charge is 0.0959 e. The molecule has 2 aromatic rings. The molecule has 0 saturated carbocycles. The fraction of sp³-hybridized carbons (Fsp3) is 0.308. The molecule has 2 N–H and O–H groups in total. The molecule has 0 aliphatic rings. The van der Waals surface area contributed by atoms with Crippen molar-refractivity contribution in [2.24, 2.45) is 0 Å². The number of nitrogens with zero attached hydrogens (tertiary/aromatic N) is 1. The topological polar surface area (TPSA) is 53.4 Å². The van der Waals surface area contributed by atoms with Crippen LogP contribution in [0.15, 0.2) is 35.7 Å². The third-order valence-electron chi connectivity index (χ3n) is 2.56. The van der Waals surface area contributed by atoms with E-state index in [0.717, 1.165) is 16.3 Å². The van der Waals surface area contributed by atoms with Crippen molar-refractivity contribution >= 4 is 11.3 Å². The molecule has 0 aliphatic carbocycles. The van der Waals surface area contributed by atoms with Gasteiger partial charge in [0.05, 0.1) is 22.9 Å². The van der Waals surface area contributed by atoms with Crippen LogP contribution in [0.25, 0.3) is 11.3 Å². The van der Waals surface area contributed by atoms with Crippen LogP contribution in [0.1, 0.15) is 11.9 Å². The Morgan fingerprint density at radius 3 is 2.59 bits per heavy atom. The second-order valence-corrected chi connectivity index (χ2v) is 4.95. The molecule has 2 atom stereocenters. The summed E-state index contributed by atoms with van der Waals surface area (Å²) in [4.78, 5) is 4.45. The number of thiazole rings is 1. The summed E-state index contributed by atoms with van der Waals surface area (Å²) in [5.74, 6) is 0. The van der Waals surface area contributed by atoms with E-state index >= 15 is 0 Å². The zero-order chi connectivity index (χ0) is 12.3. The normalized spacial score (nSPS) is 14.5. The van der Waals surface area contributed by atoms with Crippen LogP contribution in [0.3, 0.4) is 0 Å². The van der Waals surface area contributed by atoms with Crippen LogP contribution in [-0.4, -0.2) is 27.4 Å². The summed E-state index contributed by atoms with van der Waals surface area (Å²) in [7, 11) is 0. The maximum Gasteiger partial charge on any atom is 0.0959 e. The van der Waals surface area contributed by atoms with Gasteiger partial charge >= 0.3 is 0 Å². The number of hydrogen-bond acceptors (Lipinski definition) is 4. The number of hydrogen-bond donors (Lipinski definition) is 2. The molecule has 17 heavy (non-hydrogen) atoms. The highest BCUT2D eigenvalue weighted by Gasteiger charge is 2.14. The summed E-state index contributed by atoms with van der Waals surface area (Å²) in [6.07, 6.45) is -1.07. The molecule has 1 aromatic heterocycles. The van der Waals surface area contributed by atoms with Gasteiger partial charge in [-0.1, -0.05) is 30.3 Å². The molecule has 0 amide bonds. The van der Waals surface area contributed by atoms with Crippen LogP contribution in [0, 0.1) is 0 Å². The Morgan fingerprint density at radius 1 is 1.24 bits per heavy atom. The summed E-state index contributed by atoms with van der Waals surface area (Å²) in [6, 6.07) is 9.92. The molecule has 1 aromatic carbocycles. The lowest BCUT2D eigenvalue weighted by molar-refractivity contribution is 0.0319. The second-order valence-electron chi connectivity index (χ2n) is 4.00. The van der Waals surface area contributed by atoms with Crippen molar-refractivity contribution in [2.75, 3.05) is 0 Å². The van der Waals surface area contributed by atoms with Crippen molar-refractivity contribution in [1.82, 2.24) is 4.98 Å². The molecule has 0 saturated heterocycles. The van der Waals surface area contributed by atoms with Gasteiger partial charge in [-0.25, -0.2) is 4.98 Å². The van der Waals surface area contributed by atoms with Crippen LogP contribution in [0.4, 0.5) is 0 Å². The van der Waals surface area contributed by atoms with E-state index in [2.05, 4.69) is 4.98 Å². The summed E-state index contributed by atoms with van der Waals surface area (Å²) >= 11 is 1.51. The Morgan fingerprint density at radius 2 is 1.94 bits per heavy atom. The predicted octanol–water partition coefficient (Wildman–Crippen LogP) is 2.09. The molecule has 4 heteroatoms. The standard InChI is InChI=1S/C13H15NO2S/c1-9(15)12(16)7-13-14-11(8-17-13)10-5-3-2-4-6-10/h2-6,8-9,12,15-16H,7H2,1H3. The van der Waals surface area contributed by atoms with Gasteiger partial charge in [-0.2, -0.15) is 0 Å². The van der Waals surface area contributed by atoms with Gasteiger partial charge in [0.2, 0.25) is 0 Å². The van der Waals surface area contributed by atoms with Crippen molar-refractivity contribution in [3.63, 3.8) is 0 Å². The predicted molar refractivity (Wildman–Crippen MR) is 68.9 cm³/mol. The van der Waals surface area contributed by atoms with Gasteiger partial charge in [0.15, 0.2) is 0 Å². The van der Waals surface area contributed by atoms with Gasteiger partial charge in [-0.3, -0.25) is 0 Å². The Labute approximate surface area is 104 Å². The Balaban J connectivity index is 2.12. The highest BCUT2D eigenvalue weighted by Crippen LogP contribution is 2.22. The van der Waals surface area contributed by atoms with E-state index in [1.807, 2.05) is 35.7 Å². The van der Waals surface area contributed by atoms with Gasteiger partial charge in [0.25, 0.3) is 0 Å². The zero-order valence-corrected chi connectivity index (χ0v) is 10.4. The first-order valence-electron chi connectivity index (χ1n) is 5.53. The highest BCUT2D eigenvalue weighted by atomic mass is 32.1. The molecule has 3 nitrogen and oxygen atoms in total. The van der Waals surface area contributed by atoms with E-state index in [1.165, 1.54) is 11.3 Å². The van der Waals surface area contributed by atoms with Gasteiger partial charge in [-0.15, -0.1) is 11.3 Å². The fourth-order valence-electron chi connectivity index (χ4n) is 1.50. The zero-order valence-electron chi connectivity index (χ0n) is 9.58. The number of benzene rings is 1. The maximum absolute atomic E-state index is 9.58. The number of aromatic nitrogens is 1. The minimum atomic E-state index is -0.746. The van der Waals surface area contributed by atoms with Gasteiger partial charge in [0, 0.05) is 17.4 Å². The molecular weight excluding hydrogens is 234 g/mol. The lowest BCUT2D eigenvalue weighted by Gasteiger charge is -2.10. The molecule has 2 unspecified atom stereocenters. The summed E-state index contributed by atoms with van der Waals surface area (Å²) in [5, 5.41) is 21.6. The Bertz CT molecular complexity index is 467. The largest absolute Gasteiger partial charge is 0.391 e. The number of rotatable bonds is 4. The summed E-state index contributed by atoms with van der Waals surface area (Å²) < 4.78 is 0. The SMILES string of the molecule is CC(O)C(O)Cc1nc(-c2ccccc2)cs1. The van der Waals surface area contributed by atoms with E-state index in [-0.39, 0.29) is 0 Å². The lowest BCUT2D eigenvalue weighted by atomic mass is 10.1. The average Bonchev–Trinajstić information content (AvgIpc) is 2.78. The van der Waals surface area contributed by atoms with E-state index in [4.69, 9.17) is 0 Å². The molecule has 0 radical (unpaired) electrons. The third-order valence-corrected chi connectivity index (χ3v) is 3.43. The first-order valence-corrected chi connectivity index (χ1v) is 6.40. The molecule has 0 aliphatic heterocycles. The average molecular weight is 249 g/mol. The number of aliphatic hydroxyl groups excluding tert-OH is 2. The molecule has 1 heterocycles. The van der Waals surface area contributed by atoms with Crippen LogP contribution in [0.5, 0.6) is 0 Å². The van der Waals surface area contributed by atoms with Crippen molar-refractivity contribution in [3.05, 3.63) is 40.7 Å². The molecular formula is C13H15NO2S. The van der Waals surface area contributed by atoms with Crippen LogP contribution >= 0.6 is 11.3 Å². The van der Waals surface area contributed by atoms with Crippen LogP contribution < -0.4 is 0 Å². The first-order chi connectivity index (χ1) is 8.16. The van der Waals surface area contributed by atoms with E-state index < -0.39 is 12.2 Å². The first kappa shape index (κ1) is 12.2. The van der Waals surface area contributed by atoms with Crippen LogP contribution in [0.2, 0.25) is 0 Å². The lowest BCUT2D eigenvalue weighted by Crippen LogP contribution is -2.24. The molecule has 0 fully saturated rings. The quantitative estimate of drug-likeness (QED) is 0.872. The molecule has 90 valence electrons. The van der Waals surface area contributed by atoms with Crippen molar-refractivity contribution < 1.29 is 10.2 Å². The summed E-state index contributed by atoms with van der Waals surface area (Å²) in [6.45, 7) is 1.58. The van der Waals surface area contributed by atoms with E-state index in [1.54, 1.807) is 6.92 Å². The van der Waals surface area contributed by atoms with Gasteiger partial charge < -0.3 is 10.2 Å². The highest BCUT2D eigenvalue weighted by molar-refractivity contribution is 7.09. The Kier molecular flexibility index (Phi) is 3.89. The minimum absolute atomic E-state index is 0.398. The van der Waals surface area contributed by atoms with E-state index in [0.29, 0.717) is 6.42 Å². The maximum atomic E-state index is 9.58. The molecule has 0 bridgehead atoms. The van der Waals surface area contributed by atoms with Crippen molar-refractivity contribution in [1.29, 1.82) is 0 Å². The van der Waals surface area contributed by atoms with Gasteiger partial charge in [-0.05, 0) is 6.92 Å².